The van der Waals surface area contributed by atoms with E-state index in [0.717, 1.165) is 23.4 Å². The first-order valence-corrected chi connectivity index (χ1v) is 9.74. The van der Waals surface area contributed by atoms with E-state index in [-0.39, 0.29) is 17.6 Å². The SMILES string of the molecule is CCC(=O)N1CC[C@H](Oc2ncnc3c2CN(c2c[nH]c(=O)c(C#N)c2)CC3)C1. The Balaban J connectivity index is 1.53. The number of nitriles is 1. The Kier molecular flexibility index (Phi) is 5.16. The number of carbonyl (C=O) groups excluding carboxylic acids is 1. The second kappa shape index (κ2) is 7.91. The zero-order valence-electron chi connectivity index (χ0n) is 16.2. The molecule has 9 nitrogen and oxygen atoms in total. The molecule has 0 aliphatic carbocycles. The van der Waals surface area contributed by atoms with Crippen molar-refractivity contribution in [2.45, 2.75) is 38.8 Å². The van der Waals surface area contributed by atoms with Gasteiger partial charge in [-0.25, -0.2) is 9.97 Å². The van der Waals surface area contributed by atoms with Gasteiger partial charge in [-0.15, -0.1) is 0 Å². The number of likely N-dealkylation sites (tertiary alicyclic amines) is 1. The Morgan fingerprint density at radius 1 is 1.41 bits per heavy atom. The van der Waals surface area contributed by atoms with Gasteiger partial charge in [-0.05, 0) is 6.07 Å². The first kappa shape index (κ1) is 18.9. The number of carbonyl (C=O) groups is 1. The third kappa shape index (κ3) is 3.78. The highest BCUT2D eigenvalue weighted by Gasteiger charge is 2.29. The number of aromatic amines is 1. The highest BCUT2D eigenvalue weighted by atomic mass is 16.5. The van der Waals surface area contributed by atoms with Gasteiger partial charge in [0.2, 0.25) is 11.8 Å². The molecule has 1 fully saturated rings. The molecule has 1 atom stereocenters. The first-order chi connectivity index (χ1) is 14.1. The van der Waals surface area contributed by atoms with Crippen molar-refractivity contribution < 1.29 is 9.53 Å². The third-order valence-electron chi connectivity index (χ3n) is 5.41. The molecular weight excluding hydrogens is 372 g/mol. The van der Waals surface area contributed by atoms with Crippen LogP contribution in [-0.2, 0) is 17.8 Å². The molecule has 0 radical (unpaired) electrons. The second-order valence-corrected chi connectivity index (χ2v) is 7.21. The highest BCUT2D eigenvalue weighted by Crippen LogP contribution is 2.29. The fraction of sp³-hybridized carbons (Fsp3) is 0.450. The Bertz CT molecular complexity index is 1030. The van der Waals surface area contributed by atoms with Gasteiger partial charge in [0.05, 0.1) is 30.0 Å². The molecule has 2 aromatic rings. The van der Waals surface area contributed by atoms with Crippen molar-refractivity contribution in [3.8, 4) is 11.9 Å². The van der Waals surface area contributed by atoms with E-state index in [1.165, 1.54) is 6.33 Å². The van der Waals surface area contributed by atoms with E-state index in [1.807, 2.05) is 17.9 Å². The number of fused-ring (bicyclic) bond motifs is 1. The molecule has 4 heterocycles. The minimum absolute atomic E-state index is 0.0840. The van der Waals surface area contributed by atoms with E-state index in [1.54, 1.807) is 12.3 Å². The van der Waals surface area contributed by atoms with Crippen LogP contribution in [0.25, 0.3) is 0 Å². The van der Waals surface area contributed by atoms with Crippen LogP contribution in [0, 0.1) is 11.3 Å². The van der Waals surface area contributed by atoms with Crippen molar-refractivity contribution in [1.29, 1.82) is 5.26 Å². The Labute approximate surface area is 167 Å². The van der Waals surface area contributed by atoms with Gasteiger partial charge in [0, 0.05) is 38.5 Å². The van der Waals surface area contributed by atoms with Crippen LogP contribution in [0.3, 0.4) is 0 Å². The standard InChI is InChI=1S/C20H22N6O3/c1-2-18(27)26-5-3-15(10-26)29-20-16-11-25(6-4-17(16)23-12-24-20)14-7-13(8-21)19(28)22-9-14/h7,9,12,15H,2-6,10-11H2,1H3,(H,22,28)/t15-/m0/s1. The first-order valence-electron chi connectivity index (χ1n) is 9.74. The van der Waals surface area contributed by atoms with Crippen molar-refractivity contribution in [2.24, 2.45) is 0 Å². The van der Waals surface area contributed by atoms with Crippen LogP contribution in [0.1, 0.15) is 36.6 Å². The third-order valence-corrected chi connectivity index (χ3v) is 5.41. The number of aromatic nitrogens is 3. The van der Waals surface area contributed by atoms with Gasteiger partial charge in [0.25, 0.3) is 5.56 Å². The maximum atomic E-state index is 11.9. The molecule has 1 N–H and O–H groups in total. The maximum Gasteiger partial charge on any atom is 0.265 e. The number of pyridine rings is 1. The quantitative estimate of drug-likeness (QED) is 0.822. The fourth-order valence-electron chi connectivity index (χ4n) is 3.81. The van der Waals surface area contributed by atoms with Crippen LogP contribution in [0.4, 0.5) is 5.69 Å². The number of nitrogens with one attached hydrogen (secondary N) is 1. The molecule has 150 valence electrons. The van der Waals surface area contributed by atoms with Crippen molar-refractivity contribution in [3.05, 3.63) is 45.8 Å². The van der Waals surface area contributed by atoms with Crippen molar-refractivity contribution in [3.63, 3.8) is 0 Å². The Hall–Kier alpha value is -3.41. The lowest BCUT2D eigenvalue weighted by atomic mass is 10.1. The van der Waals surface area contributed by atoms with Crippen LogP contribution in [0.5, 0.6) is 5.88 Å². The average Bonchev–Trinajstić information content (AvgIpc) is 3.22. The number of hydrogen-bond acceptors (Lipinski definition) is 7. The summed E-state index contributed by atoms with van der Waals surface area (Å²) in [4.78, 5) is 38.8. The van der Waals surface area contributed by atoms with E-state index in [4.69, 9.17) is 10.00 Å². The van der Waals surface area contributed by atoms with Gasteiger partial charge in [-0.3, -0.25) is 9.59 Å². The minimum atomic E-state index is -0.395. The smallest absolute Gasteiger partial charge is 0.265 e. The monoisotopic (exact) mass is 394 g/mol. The lowest BCUT2D eigenvalue weighted by molar-refractivity contribution is -0.130. The summed E-state index contributed by atoms with van der Waals surface area (Å²) >= 11 is 0. The summed E-state index contributed by atoms with van der Waals surface area (Å²) in [5, 5.41) is 9.12. The lowest BCUT2D eigenvalue weighted by Crippen LogP contribution is -2.33. The summed E-state index contributed by atoms with van der Waals surface area (Å²) in [5.74, 6) is 0.679. The molecule has 2 aliphatic heterocycles. The van der Waals surface area contributed by atoms with Crippen LogP contribution in [-0.4, -0.2) is 51.5 Å². The molecule has 2 aromatic heterocycles. The summed E-state index contributed by atoms with van der Waals surface area (Å²) in [7, 11) is 0. The van der Waals surface area contributed by atoms with Gasteiger partial charge >= 0.3 is 0 Å². The van der Waals surface area contributed by atoms with Gasteiger partial charge in [-0.2, -0.15) is 5.26 Å². The molecular formula is C20H22N6O3. The normalized spacial score (nSPS) is 18.3. The predicted octanol–water partition coefficient (Wildman–Crippen LogP) is 0.989. The van der Waals surface area contributed by atoms with Crippen molar-refractivity contribution in [2.75, 3.05) is 24.5 Å². The van der Waals surface area contributed by atoms with E-state index < -0.39 is 5.56 Å². The maximum absolute atomic E-state index is 11.9. The summed E-state index contributed by atoms with van der Waals surface area (Å²) in [5.41, 5.74) is 2.30. The molecule has 1 saturated heterocycles. The molecule has 1 amide bonds. The van der Waals surface area contributed by atoms with Crippen LogP contribution < -0.4 is 15.2 Å². The summed E-state index contributed by atoms with van der Waals surface area (Å²) < 4.78 is 6.17. The zero-order chi connectivity index (χ0) is 20.4. The number of nitrogens with zero attached hydrogens (tertiary/aromatic N) is 5. The molecule has 0 unspecified atom stereocenters. The minimum Gasteiger partial charge on any atom is -0.472 e. The predicted molar refractivity (Wildman–Crippen MR) is 104 cm³/mol. The lowest BCUT2D eigenvalue weighted by Gasteiger charge is -2.31. The van der Waals surface area contributed by atoms with Gasteiger partial charge in [-0.1, -0.05) is 6.92 Å². The van der Waals surface area contributed by atoms with Crippen LogP contribution in [0.15, 0.2) is 23.4 Å². The fourth-order valence-corrected chi connectivity index (χ4v) is 3.81. The number of rotatable bonds is 4. The molecule has 4 rings (SSSR count). The number of hydrogen-bond donors (Lipinski definition) is 1. The molecule has 0 aromatic carbocycles. The summed E-state index contributed by atoms with van der Waals surface area (Å²) in [6, 6.07) is 3.52. The molecule has 2 aliphatic rings. The largest absolute Gasteiger partial charge is 0.472 e. The second-order valence-electron chi connectivity index (χ2n) is 7.21. The molecule has 0 saturated carbocycles. The van der Waals surface area contributed by atoms with Crippen LogP contribution in [0.2, 0.25) is 0 Å². The Morgan fingerprint density at radius 2 is 2.28 bits per heavy atom. The van der Waals surface area contributed by atoms with Gasteiger partial charge < -0.3 is 19.5 Å². The topological polar surface area (TPSA) is 115 Å². The van der Waals surface area contributed by atoms with E-state index in [0.29, 0.717) is 44.9 Å². The Morgan fingerprint density at radius 3 is 3.07 bits per heavy atom. The average molecular weight is 394 g/mol. The molecule has 0 spiro atoms. The summed E-state index contributed by atoms with van der Waals surface area (Å²) in [6.45, 7) is 4.36. The molecule has 0 bridgehead atoms. The van der Waals surface area contributed by atoms with E-state index >= 15 is 0 Å². The molecule has 29 heavy (non-hydrogen) atoms. The van der Waals surface area contributed by atoms with Gasteiger partial charge in [0.1, 0.15) is 24.1 Å². The van der Waals surface area contributed by atoms with Crippen LogP contribution >= 0.6 is 0 Å². The number of anilines is 1. The highest BCUT2D eigenvalue weighted by molar-refractivity contribution is 5.76. The molecule has 9 heteroatoms. The number of amides is 1. The van der Waals surface area contributed by atoms with Crippen molar-refractivity contribution in [1.82, 2.24) is 19.9 Å². The number of H-pyrrole nitrogens is 1. The van der Waals surface area contributed by atoms with Gasteiger partial charge in [0.15, 0.2) is 0 Å². The number of ether oxygens (including phenoxy) is 1. The zero-order valence-corrected chi connectivity index (χ0v) is 16.2. The summed E-state index contributed by atoms with van der Waals surface area (Å²) in [6.07, 6.45) is 5.03. The van der Waals surface area contributed by atoms with E-state index in [2.05, 4.69) is 19.9 Å². The van der Waals surface area contributed by atoms with E-state index in [9.17, 15) is 9.59 Å². The van der Waals surface area contributed by atoms with Crippen molar-refractivity contribution >= 4 is 11.6 Å².